The van der Waals surface area contributed by atoms with Crippen LogP contribution in [0.5, 0.6) is 0 Å². The first-order valence-electron chi connectivity index (χ1n) is 7.55. The maximum Gasteiger partial charge on any atom is 0.337 e. The van der Waals surface area contributed by atoms with Crippen molar-refractivity contribution < 1.29 is 47.7 Å². The summed E-state index contributed by atoms with van der Waals surface area (Å²) < 4.78 is 25.0. The van der Waals surface area contributed by atoms with Gasteiger partial charge in [0.25, 0.3) is 0 Å². The molecule has 10 nitrogen and oxygen atoms in total. The van der Waals surface area contributed by atoms with Gasteiger partial charge in [-0.2, -0.15) is 0 Å². The monoisotopic (exact) mass is 372 g/mol. The molecule has 0 amide bonds. The van der Waals surface area contributed by atoms with Gasteiger partial charge in [-0.25, -0.2) is 4.79 Å². The fourth-order valence-electron chi connectivity index (χ4n) is 2.45. The topological polar surface area (TPSA) is 132 Å². The van der Waals surface area contributed by atoms with Crippen molar-refractivity contribution in [1.82, 2.24) is 0 Å². The van der Waals surface area contributed by atoms with Gasteiger partial charge in [-0.05, 0) is 6.08 Å². The van der Waals surface area contributed by atoms with Crippen LogP contribution in [-0.4, -0.2) is 61.4 Å². The number of hydrogen-bond donors (Lipinski definition) is 0. The molecule has 0 radical (unpaired) electrons. The second-order valence-corrected chi connectivity index (χ2v) is 5.37. The van der Waals surface area contributed by atoms with Crippen molar-refractivity contribution in [3.05, 3.63) is 11.6 Å². The summed E-state index contributed by atoms with van der Waals surface area (Å²) in [5.74, 6) is -3.97. The third-order valence-electron chi connectivity index (χ3n) is 3.22. The van der Waals surface area contributed by atoms with E-state index >= 15 is 0 Å². The molecule has 26 heavy (non-hydrogen) atoms. The zero-order valence-electron chi connectivity index (χ0n) is 15.0. The minimum absolute atomic E-state index is 0.219. The third-order valence-corrected chi connectivity index (χ3v) is 3.22. The van der Waals surface area contributed by atoms with Crippen LogP contribution in [0.25, 0.3) is 0 Å². The summed E-state index contributed by atoms with van der Waals surface area (Å²) in [5, 5.41) is 0. The molecular formula is C16H20O10. The Morgan fingerprint density at radius 1 is 0.731 bits per heavy atom. The largest absolute Gasteiger partial charge is 0.466 e. The molecule has 0 aromatic heterocycles. The van der Waals surface area contributed by atoms with Crippen LogP contribution in [0, 0.1) is 0 Å². The molecule has 0 bridgehead atoms. The van der Waals surface area contributed by atoms with Crippen LogP contribution in [-0.2, 0) is 47.7 Å². The van der Waals surface area contributed by atoms with Gasteiger partial charge in [0.05, 0.1) is 12.7 Å². The van der Waals surface area contributed by atoms with E-state index < -0.39 is 54.3 Å². The highest BCUT2D eigenvalue weighted by atomic mass is 16.6. The number of hydrogen-bond acceptors (Lipinski definition) is 10. The lowest BCUT2D eigenvalue weighted by Crippen LogP contribution is -2.55. The van der Waals surface area contributed by atoms with Gasteiger partial charge >= 0.3 is 29.8 Å². The molecule has 0 heterocycles. The van der Waals surface area contributed by atoms with Crippen molar-refractivity contribution in [2.45, 2.75) is 52.1 Å². The maximum atomic E-state index is 12.1. The summed E-state index contributed by atoms with van der Waals surface area (Å²) in [7, 11) is 1.09. The molecule has 144 valence electrons. The third kappa shape index (κ3) is 5.57. The Balaban J connectivity index is 3.50. The molecule has 4 atom stereocenters. The molecule has 1 aliphatic carbocycles. The van der Waals surface area contributed by atoms with Gasteiger partial charge in [0.1, 0.15) is 0 Å². The number of methoxy groups -OCH3 is 1. The summed E-state index contributed by atoms with van der Waals surface area (Å²) in [5.41, 5.74) is -0.219. The highest BCUT2D eigenvalue weighted by molar-refractivity contribution is 5.91. The zero-order valence-corrected chi connectivity index (χ0v) is 15.0. The van der Waals surface area contributed by atoms with Crippen LogP contribution in [0.15, 0.2) is 11.6 Å². The Hall–Kier alpha value is -2.91. The van der Waals surface area contributed by atoms with Crippen molar-refractivity contribution in [2.24, 2.45) is 0 Å². The molecule has 0 aliphatic heterocycles. The number of carbonyl (C=O) groups is 5. The van der Waals surface area contributed by atoms with Crippen LogP contribution in [0.2, 0.25) is 0 Å². The van der Waals surface area contributed by atoms with E-state index in [0.29, 0.717) is 0 Å². The van der Waals surface area contributed by atoms with Crippen LogP contribution in [0.4, 0.5) is 0 Å². The second-order valence-electron chi connectivity index (χ2n) is 5.37. The lowest BCUT2D eigenvalue weighted by atomic mass is 9.88. The number of esters is 5. The Morgan fingerprint density at radius 2 is 1.19 bits per heavy atom. The predicted octanol–water partition coefficient (Wildman–Crippen LogP) is -0.174. The fraction of sp³-hybridized carbons (Fsp3) is 0.562. The summed E-state index contributed by atoms with van der Waals surface area (Å²) in [6.45, 7) is 4.36. The minimum Gasteiger partial charge on any atom is -0.466 e. The quantitative estimate of drug-likeness (QED) is 0.473. The first-order valence-corrected chi connectivity index (χ1v) is 7.55. The van der Waals surface area contributed by atoms with Crippen molar-refractivity contribution in [2.75, 3.05) is 7.11 Å². The molecule has 0 fully saturated rings. The highest BCUT2D eigenvalue weighted by Crippen LogP contribution is 2.30. The van der Waals surface area contributed by atoms with Gasteiger partial charge in [-0.3, -0.25) is 19.2 Å². The number of carbonyl (C=O) groups excluding carboxylic acids is 5. The van der Waals surface area contributed by atoms with Crippen molar-refractivity contribution in [3.8, 4) is 0 Å². The van der Waals surface area contributed by atoms with E-state index in [9.17, 15) is 24.0 Å². The van der Waals surface area contributed by atoms with E-state index in [-0.39, 0.29) is 5.57 Å². The standard InChI is InChI=1S/C16H20O10/c1-7(17)23-12-6-11(16(21)22-5)13(24-8(2)18)15(26-10(4)20)14(12)25-9(3)19/h6,12-15H,1-5H3/t12-,13-,14+,15+/m0/s1. The summed E-state index contributed by atoms with van der Waals surface area (Å²) in [6, 6.07) is 0. The molecular weight excluding hydrogens is 352 g/mol. The highest BCUT2D eigenvalue weighted by Gasteiger charge is 2.50. The van der Waals surface area contributed by atoms with E-state index in [4.69, 9.17) is 18.9 Å². The van der Waals surface area contributed by atoms with Crippen molar-refractivity contribution in [1.29, 1.82) is 0 Å². The normalized spacial score (nSPS) is 24.6. The molecule has 0 aromatic carbocycles. The van der Waals surface area contributed by atoms with Gasteiger partial charge in [-0.15, -0.1) is 0 Å². The van der Waals surface area contributed by atoms with E-state index in [1.165, 1.54) is 0 Å². The molecule has 0 saturated carbocycles. The Kier molecular flexibility index (Phi) is 7.29. The predicted molar refractivity (Wildman–Crippen MR) is 82.3 cm³/mol. The molecule has 0 aromatic rings. The van der Waals surface area contributed by atoms with Gasteiger partial charge in [-0.1, -0.05) is 0 Å². The van der Waals surface area contributed by atoms with Gasteiger partial charge in [0.15, 0.2) is 24.4 Å². The van der Waals surface area contributed by atoms with Crippen molar-refractivity contribution in [3.63, 3.8) is 0 Å². The van der Waals surface area contributed by atoms with Crippen LogP contribution in [0.3, 0.4) is 0 Å². The minimum atomic E-state index is -1.43. The number of ether oxygens (including phenoxy) is 5. The Morgan fingerprint density at radius 3 is 1.62 bits per heavy atom. The SMILES string of the molecule is COC(=O)C1=C[C@H](OC(C)=O)[C@@H](OC(C)=O)[C@H](OC(C)=O)[C@H]1OC(C)=O. The lowest BCUT2D eigenvalue weighted by molar-refractivity contribution is -0.195. The summed E-state index contributed by atoms with van der Waals surface area (Å²) >= 11 is 0. The van der Waals surface area contributed by atoms with E-state index in [1.54, 1.807) is 0 Å². The Labute approximate surface area is 149 Å². The first-order chi connectivity index (χ1) is 12.1. The van der Waals surface area contributed by atoms with Gasteiger partial charge in [0.2, 0.25) is 0 Å². The van der Waals surface area contributed by atoms with Crippen LogP contribution in [0.1, 0.15) is 27.7 Å². The molecule has 1 aliphatic rings. The van der Waals surface area contributed by atoms with E-state index in [1.807, 2.05) is 0 Å². The molecule has 10 heteroatoms. The summed E-state index contributed by atoms with van der Waals surface area (Å²) in [6.07, 6.45) is -4.31. The molecule has 0 N–H and O–H groups in total. The Bertz CT molecular complexity index is 635. The van der Waals surface area contributed by atoms with Crippen molar-refractivity contribution >= 4 is 29.8 Å². The van der Waals surface area contributed by atoms with Crippen LogP contribution >= 0.6 is 0 Å². The average molecular weight is 372 g/mol. The van der Waals surface area contributed by atoms with E-state index in [2.05, 4.69) is 4.74 Å². The van der Waals surface area contributed by atoms with Gasteiger partial charge < -0.3 is 23.7 Å². The number of rotatable bonds is 5. The molecule has 0 saturated heterocycles. The lowest BCUT2D eigenvalue weighted by Gasteiger charge is -2.38. The second kappa shape index (κ2) is 8.97. The average Bonchev–Trinajstić information content (AvgIpc) is 2.50. The zero-order chi connectivity index (χ0) is 20.0. The van der Waals surface area contributed by atoms with E-state index in [0.717, 1.165) is 40.9 Å². The van der Waals surface area contributed by atoms with Crippen LogP contribution < -0.4 is 0 Å². The first kappa shape index (κ1) is 21.1. The molecule has 0 spiro atoms. The maximum absolute atomic E-state index is 12.1. The summed E-state index contributed by atoms with van der Waals surface area (Å²) in [4.78, 5) is 57.9. The van der Waals surface area contributed by atoms with Gasteiger partial charge in [0, 0.05) is 27.7 Å². The smallest absolute Gasteiger partial charge is 0.337 e. The molecule has 0 unspecified atom stereocenters. The molecule has 1 rings (SSSR count). The fourth-order valence-corrected chi connectivity index (χ4v) is 2.45.